The number of hydrogen-bond donors (Lipinski definition) is 0. The second kappa shape index (κ2) is 7.38. The Balaban J connectivity index is 2.88. The highest BCUT2D eigenvalue weighted by atomic mass is 79.9. The number of halogens is 1. The summed E-state index contributed by atoms with van der Waals surface area (Å²) in [7, 11) is -2.15. The Labute approximate surface area is 114 Å². The van der Waals surface area contributed by atoms with Crippen molar-refractivity contribution in [2.75, 3.05) is 12.3 Å². The van der Waals surface area contributed by atoms with Crippen LogP contribution in [0.15, 0.2) is 28.7 Å². The molecule has 0 amide bonds. The summed E-state index contributed by atoms with van der Waals surface area (Å²) in [5.41, 5.74) is 0. The van der Waals surface area contributed by atoms with Crippen molar-refractivity contribution in [1.29, 1.82) is 0 Å². The van der Waals surface area contributed by atoms with E-state index < -0.39 is 7.14 Å². The molecule has 0 bridgehead atoms. The van der Waals surface area contributed by atoms with Gasteiger partial charge in [-0.2, -0.15) is 0 Å². The van der Waals surface area contributed by atoms with Crippen molar-refractivity contribution in [2.24, 2.45) is 0 Å². The quantitative estimate of drug-likeness (QED) is 0.644. The van der Waals surface area contributed by atoms with Gasteiger partial charge in [0, 0.05) is 22.1 Å². The van der Waals surface area contributed by atoms with Crippen LogP contribution in [0.2, 0.25) is 0 Å². The minimum Gasteiger partial charge on any atom is -0.319 e. The van der Waals surface area contributed by atoms with Gasteiger partial charge in [0.25, 0.3) is 0 Å². The first-order chi connectivity index (χ1) is 8.12. The molecular formula is C14H22BrOP. The zero-order valence-electron chi connectivity index (χ0n) is 10.8. The van der Waals surface area contributed by atoms with Gasteiger partial charge in [-0.1, -0.05) is 54.8 Å². The molecule has 0 fully saturated rings. The number of rotatable bonds is 7. The monoisotopic (exact) mass is 316 g/mol. The Kier molecular flexibility index (Phi) is 6.51. The molecule has 0 aliphatic heterocycles. The molecule has 0 radical (unpaired) electrons. The lowest BCUT2D eigenvalue weighted by molar-refractivity contribution is 0.576. The van der Waals surface area contributed by atoms with Crippen LogP contribution in [0.25, 0.3) is 0 Å². The smallest absolute Gasteiger partial charge is 0.115 e. The summed E-state index contributed by atoms with van der Waals surface area (Å²) in [6.07, 6.45) is 6.10. The van der Waals surface area contributed by atoms with Crippen LogP contribution in [0.1, 0.15) is 39.5 Å². The lowest BCUT2D eigenvalue weighted by Crippen LogP contribution is -2.10. The molecule has 1 nitrogen and oxygen atoms in total. The predicted octanol–water partition coefficient (Wildman–Crippen LogP) is 5.04. The number of hydrogen-bond acceptors (Lipinski definition) is 1. The number of benzene rings is 1. The molecule has 1 aromatic rings. The molecule has 0 aliphatic carbocycles. The molecule has 3 heteroatoms. The maximum Gasteiger partial charge on any atom is 0.115 e. The fourth-order valence-corrected chi connectivity index (χ4v) is 5.26. The Hall–Kier alpha value is -0.0700. The normalized spacial score (nSPS) is 11.7. The Bertz CT molecular complexity index is 360. The first-order valence-electron chi connectivity index (χ1n) is 6.46. The van der Waals surface area contributed by atoms with E-state index in [0.717, 1.165) is 47.8 Å². The second-order valence-corrected chi connectivity index (χ2v) is 8.63. The van der Waals surface area contributed by atoms with Gasteiger partial charge >= 0.3 is 0 Å². The molecule has 0 saturated carbocycles. The summed E-state index contributed by atoms with van der Waals surface area (Å²) in [5, 5.41) is 1.06. The predicted molar refractivity (Wildman–Crippen MR) is 80.9 cm³/mol. The van der Waals surface area contributed by atoms with Crippen molar-refractivity contribution >= 4 is 28.4 Å². The van der Waals surface area contributed by atoms with Gasteiger partial charge in [-0.3, -0.25) is 0 Å². The minimum atomic E-state index is -2.15. The minimum absolute atomic E-state index is 0.866. The van der Waals surface area contributed by atoms with Crippen molar-refractivity contribution in [3.05, 3.63) is 28.7 Å². The molecule has 0 aromatic heterocycles. The van der Waals surface area contributed by atoms with Gasteiger partial charge in [-0.05, 0) is 25.0 Å². The fourth-order valence-electron chi connectivity index (χ4n) is 1.91. The Morgan fingerprint density at radius 1 is 1.00 bits per heavy atom. The molecule has 0 atom stereocenters. The fraction of sp³-hybridized carbons (Fsp3) is 0.571. The van der Waals surface area contributed by atoms with Crippen molar-refractivity contribution in [3.63, 3.8) is 0 Å². The lowest BCUT2D eigenvalue weighted by Gasteiger charge is -2.18. The average molecular weight is 317 g/mol. The molecular weight excluding hydrogens is 295 g/mol. The van der Waals surface area contributed by atoms with Crippen molar-refractivity contribution in [2.45, 2.75) is 39.5 Å². The third-order valence-electron chi connectivity index (χ3n) is 3.04. The molecule has 0 aliphatic rings. The highest BCUT2D eigenvalue weighted by Gasteiger charge is 2.22. The van der Waals surface area contributed by atoms with Crippen LogP contribution in [0, 0.1) is 0 Å². The van der Waals surface area contributed by atoms with E-state index in [-0.39, 0.29) is 0 Å². The molecule has 0 saturated heterocycles. The van der Waals surface area contributed by atoms with Gasteiger partial charge < -0.3 is 4.57 Å². The van der Waals surface area contributed by atoms with E-state index in [1.165, 1.54) is 0 Å². The van der Waals surface area contributed by atoms with E-state index in [4.69, 9.17) is 0 Å². The third-order valence-corrected chi connectivity index (χ3v) is 6.89. The molecule has 0 heterocycles. The van der Waals surface area contributed by atoms with E-state index >= 15 is 0 Å². The van der Waals surface area contributed by atoms with Crippen LogP contribution in [0.4, 0.5) is 0 Å². The Morgan fingerprint density at radius 2 is 1.47 bits per heavy atom. The highest BCUT2D eigenvalue weighted by Crippen LogP contribution is 2.46. The van der Waals surface area contributed by atoms with E-state index in [2.05, 4.69) is 29.8 Å². The van der Waals surface area contributed by atoms with E-state index in [0.29, 0.717) is 0 Å². The Morgan fingerprint density at radius 3 is 1.88 bits per heavy atom. The molecule has 17 heavy (non-hydrogen) atoms. The van der Waals surface area contributed by atoms with Gasteiger partial charge in [-0.15, -0.1) is 0 Å². The maximum atomic E-state index is 13.0. The van der Waals surface area contributed by atoms with Gasteiger partial charge in [-0.25, -0.2) is 0 Å². The molecule has 0 spiro atoms. The van der Waals surface area contributed by atoms with Crippen molar-refractivity contribution in [3.8, 4) is 0 Å². The second-order valence-electron chi connectivity index (χ2n) is 4.52. The molecule has 96 valence electrons. The largest absolute Gasteiger partial charge is 0.319 e. The SMILES string of the molecule is CCCCP(=O)(CCCC)c1ccc(Br)cc1. The number of unbranched alkanes of at least 4 members (excludes halogenated alkanes) is 2. The standard InChI is InChI=1S/C14H22BrOP/c1-3-5-11-17(16,12-6-4-2)14-9-7-13(15)8-10-14/h7-10H,3-6,11-12H2,1-2H3. The first kappa shape index (κ1) is 15.0. The lowest BCUT2D eigenvalue weighted by atomic mass is 10.4. The van der Waals surface area contributed by atoms with Crippen LogP contribution >= 0.6 is 23.1 Å². The average Bonchev–Trinajstić information content (AvgIpc) is 2.34. The van der Waals surface area contributed by atoms with Gasteiger partial charge in [0.2, 0.25) is 0 Å². The van der Waals surface area contributed by atoms with E-state index in [1.54, 1.807) is 0 Å². The van der Waals surface area contributed by atoms with Gasteiger partial charge in [0.1, 0.15) is 7.14 Å². The van der Waals surface area contributed by atoms with Crippen molar-refractivity contribution < 1.29 is 4.57 Å². The molecule has 1 aromatic carbocycles. The molecule has 0 unspecified atom stereocenters. The van der Waals surface area contributed by atoms with Crippen LogP contribution in [-0.4, -0.2) is 12.3 Å². The summed E-state index contributed by atoms with van der Waals surface area (Å²) in [6, 6.07) is 8.05. The highest BCUT2D eigenvalue weighted by molar-refractivity contribution is 9.10. The van der Waals surface area contributed by atoms with Crippen molar-refractivity contribution in [1.82, 2.24) is 0 Å². The van der Waals surface area contributed by atoms with E-state index in [9.17, 15) is 4.57 Å². The first-order valence-corrected chi connectivity index (χ1v) is 9.33. The summed E-state index contributed by atoms with van der Waals surface area (Å²) in [6.45, 7) is 4.32. The zero-order valence-corrected chi connectivity index (χ0v) is 13.3. The van der Waals surface area contributed by atoms with Crippen LogP contribution in [0.5, 0.6) is 0 Å². The zero-order chi connectivity index (χ0) is 12.7. The summed E-state index contributed by atoms with van der Waals surface area (Å²) in [4.78, 5) is 0. The van der Waals surface area contributed by atoms with Gasteiger partial charge in [0.05, 0.1) is 0 Å². The van der Waals surface area contributed by atoms with Crippen LogP contribution in [-0.2, 0) is 4.57 Å². The summed E-state index contributed by atoms with van der Waals surface area (Å²) in [5.74, 6) is 0. The summed E-state index contributed by atoms with van der Waals surface area (Å²) < 4.78 is 14.1. The van der Waals surface area contributed by atoms with Crippen LogP contribution < -0.4 is 5.30 Å². The summed E-state index contributed by atoms with van der Waals surface area (Å²) >= 11 is 3.43. The van der Waals surface area contributed by atoms with Gasteiger partial charge in [0.15, 0.2) is 0 Å². The molecule has 1 rings (SSSR count). The topological polar surface area (TPSA) is 17.1 Å². The maximum absolute atomic E-state index is 13.0. The third kappa shape index (κ3) is 4.60. The molecule has 0 N–H and O–H groups in total. The van der Waals surface area contributed by atoms with E-state index in [1.807, 2.05) is 24.3 Å². The van der Waals surface area contributed by atoms with Crippen LogP contribution in [0.3, 0.4) is 0 Å².